The Morgan fingerprint density at radius 1 is 1.32 bits per heavy atom. The Labute approximate surface area is 119 Å². The van der Waals surface area contributed by atoms with Gasteiger partial charge in [-0.1, -0.05) is 17.7 Å². The van der Waals surface area contributed by atoms with E-state index in [1.807, 2.05) is 7.05 Å². The van der Waals surface area contributed by atoms with Gasteiger partial charge < -0.3 is 5.32 Å². The minimum absolute atomic E-state index is 0.0529. The summed E-state index contributed by atoms with van der Waals surface area (Å²) in [7, 11) is 1.89. The van der Waals surface area contributed by atoms with Gasteiger partial charge in [0.05, 0.1) is 6.04 Å². The van der Waals surface area contributed by atoms with Crippen LogP contribution in [0.4, 0.5) is 4.39 Å². The minimum Gasteiger partial charge on any atom is -0.311 e. The van der Waals surface area contributed by atoms with Crippen LogP contribution < -0.4 is 5.32 Å². The van der Waals surface area contributed by atoms with Crippen molar-refractivity contribution in [1.82, 2.24) is 10.2 Å². The predicted octanol–water partition coefficient (Wildman–Crippen LogP) is 3.61. The molecule has 1 aromatic carbocycles. The SMILES string of the molecule is CNC(c1ccc(Cl)cc1F)C(C)(C)N1CCCC1. The van der Waals surface area contributed by atoms with Crippen LogP contribution in [0.3, 0.4) is 0 Å². The van der Waals surface area contributed by atoms with Gasteiger partial charge in [-0.25, -0.2) is 4.39 Å². The van der Waals surface area contributed by atoms with Gasteiger partial charge in [-0.2, -0.15) is 0 Å². The van der Waals surface area contributed by atoms with Crippen LogP contribution in [-0.2, 0) is 0 Å². The molecule has 1 saturated heterocycles. The van der Waals surface area contributed by atoms with Gasteiger partial charge in [0.1, 0.15) is 5.82 Å². The molecular formula is C15H22ClFN2. The van der Waals surface area contributed by atoms with Gasteiger partial charge in [0.2, 0.25) is 0 Å². The molecule has 1 atom stereocenters. The lowest BCUT2D eigenvalue weighted by molar-refractivity contribution is 0.109. The fourth-order valence-electron chi connectivity index (χ4n) is 3.10. The first-order chi connectivity index (χ1) is 8.96. The monoisotopic (exact) mass is 284 g/mol. The summed E-state index contributed by atoms with van der Waals surface area (Å²) in [5, 5.41) is 3.71. The highest BCUT2D eigenvalue weighted by molar-refractivity contribution is 6.30. The Kier molecular flexibility index (Phi) is 4.49. The summed E-state index contributed by atoms with van der Waals surface area (Å²) in [4.78, 5) is 2.43. The number of nitrogens with zero attached hydrogens (tertiary/aromatic N) is 1. The first-order valence-electron chi connectivity index (χ1n) is 6.84. The smallest absolute Gasteiger partial charge is 0.129 e. The molecule has 0 spiro atoms. The lowest BCUT2D eigenvalue weighted by Crippen LogP contribution is -2.51. The summed E-state index contributed by atoms with van der Waals surface area (Å²) >= 11 is 5.84. The Bertz CT molecular complexity index is 442. The first kappa shape index (κ1) is 14.8. The average Bonchev–Trinajstić information content (AvgIpc) is 2.87. The first-order valence-corrected chi connectivity index (χ1v) is 7.22. The fraction of sp³-hybridized carbons (Fsp3) is 0.600. The fourth-order valence-corrected chi connectivity index (χ4v) is 3.26. The lowest BCUT2D eigenvalue weighted by Gasteiger charge is -2.42. The van der Waals surface area contributed by atoms with Gasteiger partial charge in [-0.3, -0.25) is 4.90 Å². The predicted molar refractivity (Wildman–Crippen MR) is 78.1 cm³/mol. The number of nitrogens with one attached hydrogen (secondary N) is 1. The van der Waals surface area contributed by atoms with Crippen molar-refractivity contribution < 1.29 is 4.39 Å². The van der Waals surface area contributed by atoms with Crippen molar-refractivity contribution in [1.29, 1.82) is 0 Å². The van der Waals surface area contributed by atoms with Crippen molar-refractivity contribution in [3.05, 3.63) is 34.6 Å². The van der Waals surface area contributed by atoms with E-state index < -0.39 is 0 Å². The summed E-state index contributed by atoms with van der Waals surface area (Å²) in [6, 6.07) is 4.88. The molecule has 1 fully saturated rings. The quantitative estimate of drug-likeness (QED) is 0.908. The second-order valence-electron chi connectivity index (χ2n) is 5.74. The van der Waals surface area contributed by atoms with Crippen LogP contribution in [0.2, 0.25) is 5.02 Å². The number of benzene rings is 1. The lowest BCUT2D eigenvalue weighted by atomic mass is 9.87. The van der Waals surface area contributed by atoms with E-state index >= 15 is 0 Å². The molecule has 2 nitrogen and oxygen atoms in total. The molecule has 0 saturated carbocycles. The number of hydrogen-bond donors (Lipinski definition) is 1. The highest BCUT2D eigenvalue weighted by Crippen LogP contribution is 2.35. The van der Waals surface area contributed by atoms with Crippen LogP contribution in [-0.4, -0.2) is 30.6 Å². The third kappa shape index (κ3) is 2.93. The van der Waals surface area contributed by atoms with Crippen LogP contribution in [0.15, 0.2) is 18.2 Å². The van der Waals surface area contributed by atoms with Gasteiger partial charge in [0.15, 0.2) is 0 Å². The number of likely N-dealkylation sites (tertiary alicyclic amines) is 1. The van der Waals surface area contributed by atoms with Gasteiger partial charge >= 0.3 is 0 Å². The standard InChI is InChI=1S/C15H22ClFN2/c1-15(2,19-8-4-5-9-19)14(18-3)12-7-6-11(16)10-13(12)17/h6-7,10,14,18H,4-5,8-9H2,1-3H3. The molecule has 0 radical (unpaired) electrons. The summed E-state index contributed by atoms with van der Waals surface area (Å²) in [5.41, 5.74) is 0.559. The second kappa shape index (κ2) is 5.78. The van der Waals surface area contributed by atoms with Gasteiger partial charge in [-0.05, 0) is 59.0 Å². The largest absolute Gasteiger partial charge is 0.311 e. The molecule has 0 amide bonds. The van der Waals surface area contributed by atoms with E-state index in [4.69, 9.17) is 11.6 Å². The highest BCUT2D eigenvalue weighted by Gasteiger charge is 2.37. The van der Waals surface area contributed by atoms with E-state index in [2.05, 4.69) is 24.1 Å². The maximum atomic E-state index is 14.2. The number of rotatable bonds is 4. The Hall–Kier alpha value is -0.640. The molecule has 1 heterocycles. The second-order valence-corrected chi connectivity index (χ2v) is 6.17. The number of likely N-dealkylation sites (N-methyl/N-ethyl adjacent to an activating group) is 1. The van der Waals surface area contributed by atoms with E-state index in [1.165, 1.54) is 18.9 Å². The zero-order valence-electron chi connectivity index (χ0n) is 11.8. The van der Waals surface area contributed by atoms with Crippen molar-refractivity contribution >= 4 is 11.6 Å². The van der Waals surface area contributed by atoms with E-state index in [0.717, 1.165) is 13.1 Å². The zero-order valence-corrected chi connectivity index (χ0v) is 12.6. The molecule has 106 valence electrons. The van der Waals surface area contributed by atoms with E-state index in [0.29, 0.717) is 10.6 Å². The van der Waals surface area contributed by atoms with Crippen molar-refractivity contribution in [3.8, 4) is 0 Å². The Balaban J connectivity index is 2.32. The molecule has 1 aliphatic heterocycles. The molecule has 0 bridgehead atoms. The molecule has 1 aromatic rings. The van der Waals surface area contributed by atoms with Crippen LogP contribution in [0, 0.1) is 5.82 Å². The van der Waals surface area contributed by atoms with E-state index in [1.54, 1.807) is 12.1 Å². The molecule has 4 heteroatoms. The van der Waals surface area contributed by atoms with Crippen LogP contribution in [0.1, 0.15) is 38.3 Å². The third-order valence-corrected chi connectivity index (χ3v) is 4.42. The van der Waals surface area contributed by atoms with Crippen molar-refractivity contribution in [2.75, 3.05) is 20.1 Å². The van der Waals surface area contributed by atoms with Crippen LogP contribution >= 0.6 is 11.6 Å². The molecule has 2 rings (SSSR count). The molecule has 19 heavy (non-hydrogen) atoms. The van der Waals surface area contributed by atoms with E-state index in [9.17, 15) is 4.39 Å². The maximum absolute atomic E-state index is 14.2. The Morgan fingerprint density at radius 3 is 2.47 bits per heavy atom. The molecule has 1 N–H and O–H groups in total. The highest BCUT2D eigenvalue weighted by atomic mass is 35.5. The van der Waals surface area contributed by atoms with Gasteiger partial charge in [-0.15, -0.1) is 0 Å². The van der Waals surface area contributed by atoms with E-state index in [-0.39, 0.29) is 17.4 Å². The summed E-state index contributed by atoms with van der Waals surface area (Å²) in [6.07, 6.45) is 2.45. The van der Waals surface area contributed by atoms with Crippen molar-refractivity contribution in [2.24, 2.45) is 0 Å². The summed E-state index contributed by atoms with van der Waals surface area (Å²) < 4.78 is 14.2. The molecule has 1 aliphatic rings. The molecule has 0 aliphatic carbocycles. The summed E-state index contributed by atoms with van der Waals surface area (Å²) in [5.74, 6) is -0.237. The zero-order chi connectivity index (χ0) is 14.0. The van der Waals surface area contributed by atoms with Crippen molar-refractivity contribution in [3.63, 3.8) is 0 Å². The maximum Gasteiger partial charge on any atom is 0.129 e. The molecular weight excluding hydrogens is 263 g/mol. The third-order valence-electron chi connectivity index (χ3n) is 4.19. The van der Waals surface area contributed by atoms with Crippen molar-refractivity contribution in [2.45, 2.75) is 38.3 Å². The number of hydrogen-bond acceptors (Lipinski definition) is 2. The normalized spacial score (nSPS) is 18.8. The number of halogens is 2. The minimum atomic E-state index is -0.237. The van der Waals surface area contributed by atoms with Crippen LogP contribution in [0.5, 0.6) is 0 Å². The van der Waals surface area contributed by atoms with Gasteiger partial charge in [0.25, 0.3) is 0 Å². The van der Waals surface area contributed by atoms with Gasteiger partial charge in [0, 0.05) is 16.1 Å². The molecule has 0 aromatic heterocycles. The van der Waals surface area contributed by atoms with Crippen LogP contribution in [0.25, 0.3) is 0 Å². The average molecular weight is 285 g/mol. The molecule has 1 unspecified atom stereocenters. The Morgan fingerprint density at radius 2 is 1.95 bits per heavy atom. The topological polar surface area (TPSA) is 15.3 Å². The summed E-state index contributed by atoms with van der Waals surface area (Å²) in [6.45, 7) is 6.52.